The van der Waals surface area contributed by atoms with Crippen molar-refractivity contribution in [2.45, 2.75) is 6.18 Å². The number of anilines is 2. The Balaban J connectivity index is 1.71. The largest absolute Gasteiger partial charge is 0.452 e. The average molecular weight is 443 g/mol. The summed E-state index contributed by atoms with van der Waals surface area (Å²) in [4.78, 5) is 26.1. The molecule has 3 rings (SSSR count). The number of amides is 1. The first kappa shape index (κ1) is 21.9. The normalized spacial score (nSPS) is 14.3. The molecule has 1 amide bonds. The number of hydrogen-bond acceptors (Lipinski definition) is 5. The molecule has 0 aliphatic carbocycles. The first-order chi connectivity index (χ1) is 14.2. The van der Waals surface area contributed by atoms with Gasteiger partial charge in [-0.2, -0.15) is 13.2 Å². The minimum absolute atomic E-state index is 0.0146. The molecule has 6 nitrogen and oxygen atoms in total. The molecule has 2 aromatic rings. The lowest BCUT2D eigenvalue weighted by atomic mass is 10.1. The molecule has 160 valence electrons. The van der Waals surface area contributed by atoms with Crippen molar-refractivity contribution >= 4 is 34.9 Å². The molecule has 1 N–H and O–H groups in total. The van der Waals surface area contributed by atoms with Crippen LogP contribution in [-0.2, 0) is 20.4 Å². The number of nitrogens with one attached hydrogen (secondary N) is 1. The van der Waals surface area contributed by atoms with Crippen molar-refractivity contribution in [1.29, 1.82) is 0 Å². The Kier molecular flexibility index (Phi) is 6.84. The van der Waals surface area contributed by atoms with Gasteiger partial charge < -0.3 is 19.7 Å². The summed E-state index contributed by atoms with van der Waals surface area (Å²) < 4.78 is 49.6. The summed E-state index contributed by atoms with van der Waals surface area (Å²) in [6.45, 7) is 1.14. The molecule has 0 spiro atoms. The van der Waals surface area contributed by atoms with Crippen molar-refractivity contribution in [2.24, 2.45) is 0 Å². The van der Waals surface area contributed by atoms with Crippen LogP contribution in [-0.4, -0.2) is 44.8 Å². The van der Waals surface area contributed by atoms with Crippen molar-refractivity contribution in [1.82, 2.24) is 0 Å². The molecule has 0 radical (unpaired) electrons. The van der Waals surface area contributed by atoms with Crippen molar-refractivity contribution in [3.05, 3.63) is 58.6 Å². The molecular weight excluding hydrogens is 425 g/mol. The fraction of sp³-hybridized carbons (Fsp3) is 0.300. The Morgan fingerprint density at radius 2 is 1.77 bits per heavy atom. The van der Waals surface area contributed by atoms with Gasteiger partial charge in [0.15, 0.2) is 6.61 Å². The highest BCUT2D eigenvalue weighted by molar-refractivity contribution is 6.30. The fourth-order valence-electron chi connectivity index (χ4n) is 2.88. The Bertz CT molecular complexity index is 913. The van der Waals surface area contributed by atoms with Crippen LogP contribution in [0.4, 0.5) is 24.5 Å². The van der Waals surface area contributed by atoms with E-state index in [0.717, 1.165) is 12.1 Å². The Hall–Kier alpha value is -2.78. The minimum Gasteiger partial charge on any atom is -0.452 e. The maximum Gasteiger partial charge on any atom is 0.416 e. The predicted molar refractivity (Wildman–Crippen MR) is 105 cm³/mol. The number of alkyl halides is 3. The summed E-state index contributed by atoms with van der Waals surface area (Å²) in [5, 5.41) is 2.85. The molecule has 0 aromatic heterocycles. The van der Waals surface area contributed by atoms with E-state index in [-0.39, 0.29) is 11.3 Å². The standard InChI is InChI=1S/C20H18ClF3N2O4/c21-15-4-1-13(2-5-15)19(28)30-12-18(27)25-16-11-14(20(22,23)24)3-6-17(16)26-7-9-29-10-8-26/h1-6,11H,7-10,12H2,(H,25,27). The van der Waals surface area contributed by atoms with Crippen LogP contribution < -0.4 is 10.2 Å². The zero-order chi connectivity index (χ0) is 21.7. The van der Waals surface area contributed by atoms with E-state index in [4.69, 9.17) is 21.1 Å². The fourth-order valence-corrected chi connectivity index (χ4v) is 3.01. The highest BCUT2D eigenvalue weighted by Crippen LogP contribution is 2.35. The SMILES string of the molecule is O=C(COC(=O)c1ccc(Cl)cc1)Nc1cc(C(F)(F)F)ccc1N1CCOCC1. The molecule has 0 atom stereocenters. The number of rotatable bonds is 5. The first-order valence-electron chi connectivity index (χ1n) is 9.00. The van der Waals surface area contributed by atoms with E-state index in [9.17, 15) is 22.8 Å². The van der Waals surface area contributed by atoms with E-state index in [2.05, 4.69) is 5.32 Å². The number of carbonyl (C=O) groups excluding carboxylic acids is 2. The molecule has 0 bridgehead atoms. The monoisotopic (exact) mass is 442 g/mol. The summed E-state index contributed by atoms with van der Waals surface area (Å²) in [7, 11) is 0. The molecule has 1 saturated heterocycles. The highest BCUT2D eigenvalue weighted by Gasteiger charge is 2.32. The van der Waals surface area contributed by atoms with Gasteiger partial charge in [0.25, 0.3) is 5.91 Å². The van der Waals surface area contributed by atoms with Crippen LogP contribution in [0, 0.1) is 0 Å². The van der Waals surface area contributed by atoms with Gasteiger partial charge in [0.2, 0.25) is 0 Å². The van der Waals surface area contributed by atoms with Crippen molar-refractivity contribution in [3.8, 4) is 0 Å². The number of halogens is 4. The minimum atomic E-state index is -4.57. The first-order valence-corrected chi connectivity index (χ1v) is 9.38. The maximum atomic E-state index is 13.1. The topological polar surface area (TPSA) is 67.9 Å². The second-order valence-electron chi connectivity index (χ2n) is 6.46. The van der Waals surface area contributed by atoms with Crippen LogP contribution in [0.2, 0.25) is 5.02 Å². The third kappa shape index (κ3) is 5.64. The molecule has 1 aliphatic heterocycles. The molecule has 2 aromatic carbocycles. The van der Waals surface area contributed by atoms with Gasteiger partial charge >= 0.3 is 12.1 Å². The molecule has 1 fully saturated rings. The number of benzene rings is 2. The Morgan fingerprint density at radius 3 is 2.40 bits per heavy atom. The Morgan fingerprint density at radius 1 is 1.10 bits per heavy atom. The van der Waals surface area contributed by atoms with Gasteiger partial charge in [0.1, 0.15) is 0 Å². The molecular formula is C20H18ClF3N2O4. The maximum absolute atomic E-state index is 13.1. The van der Waals surface area contributed by atoms with Gasteiger partial charge in [-0.3, -0.25) is 4.79 Å². The molecule has 0 saturated carbocycles. The number of carbonyl (C=O) groups is 2. The van der Waals surface area contributed by atoms with E-state index in [1.807, 2.05) is 4.90 Å². The van der Waals surface area contributed by atoms with Crippen LogP contribution in [0.1, 0.15) is 15.9 Å². The average Bonchev–Trinajstić information content (AvgIpc) is 2.72. The van der Waals surface area contributed by atoms with E-state index >= 15 is 0 Å². The van der Waals surface area contributed by atoms with Gasteiger partial charge in [-0.25, -0.2) is 4.79 Å². The van der Waals surface area contributed by atoms with Crippen LogP contribution >= 0.6 is 11.6 Å². The number of hydrogen-bond donors (Lipinski definition) is 1. The van der Waals surface area contributed by atoms with Gasteiger partial charge in [-0.05, 0) is 42.5 Å². The van der Waals surface area contributed by atoms with Gasteiger partial charge in [-0.1, -0.05) is 11.6 Å². The number of esters is 1. The summed E-state index contributed by atoms with van der Waals surface area (Å²) in [6, 6.07) is 9.00. The lowest BCUT2D eigenvalue weighted by molar-refractivity contribution is -0.137. The summed E-state index contributed by atoms with van der Waals surface area (Å²) >= 11 is 5.75. The third-order valence-electron chi connectivity index (χ3n) is 4.36. The molecule has 1 heterocycles. The van der Waals surface area contributed by atoms with Crippen LogP contribution in [0.3, 0.4) is 0 Å². The van der Waals surface area contributed by atoms with Gasteiger partial charge in [0.05, 0.1) is 35.7 Å². The second kappa shape index (κ2) is 9.36. The highest BCUT2D eigenvalue weighted by atomic mass is 35.5. The lowest BCUT2D eigenvalue weighted by Gasteiger charge is -2.31. The van der Waals surface area contributed by atoms with E-state index in [1.54, 1.807) is 0 Å². The number of ether oxygens (including phenoxy) is 2. The van der Waals surface area contributed by atoms with Crippen LogP contribution in [0.15, 0.2) is 42.5 Å². The van der Waals surface area contributed by atoms with Gasteiger partial charge in [0, 0.05) is 18.1 Å². The number of nitrogens with zero attached hydrogens (tertiary/aromatic N) is 1. The Labute approximate surface area is 175 Å². The predicted octanol–water partition coefficient (Wildman–Crippen LogP) is 3.99. The summed E-state index contributed by atoms with van der Waals surface area (Å²) in [6.07, 6.45) is -4.57. The van der Waals surface area contributed by atoms with Crippen molar-refractivity contribution in [2.75, 3.05) is 43.1 Å². The molecule has 30 heavy (non-hydrogen) atoms. The summed E-state index contributed by atoms with van der Waals surface area (Å²) in [5.74, 6) is -1.51. The van der Waals surface area contributed by atoms with Gasteiger partial charge in [-0.15, -0.1) is 0 Å². The van der Waals surface area contributed by atoms with E-state index < -0.39 is 30.2 Å². The molecule has 10 heteroatoms. The molecule has 0 unspecified atom stereocenters. The molecule has 1 aliphatic rings. The zero-order valence-corrected chi connectivity index (χ0v) is 16.4. The number of morpholine rings is 1. The van der Waals surface area contributed by atoms with Crippen molar-refractivity contribution < 1.29 is 32.2 Å². The quantitative estimate of drug-likeness (QED) is 0.709. The smallest absolute Gasteiger partial charge is 0.416 e. The second-order valence-corrected chi connectivity index (χ2v) is 6.90. The van der Waals surface area contributed by atoms with Crippen LogP contribution in [0.25, 0.3) is 0 Å². The van der Waals surface area contributed by atoms with Crippen molar-refractivity contribution in [3.63, 3.8) is 0 Å². The summed E-state index contributed by atoms with van der Waals surface area (Å²) in [5.41, 5.74) is -0.281. The van der Waals surface area contributed by atoms with E-state index in [0.29, 0.717) is 37.0 Å². The lowest BCUT2D eigenvalue weighted by Crippen LogP contribution is -2.37. The van der Waals surface area contributed by atoms with Crippen LogP contribution in [0.5, 0.6) is 0 Å². The zero-order valence-electron chi connectivity index (χ0n) is 15.7. The van der Waals surface area contributed by atoms with E-state index in [1.165, 1.54) is 30.3 Å². The third-order valence-corrected chi connectivity index (χ3v) is 4.62.